The summed E-state index contributed by atoms with van der Waals surface area (Å²) >= 11 is 0. The molecule has 3 N–H and O–H groups in total. The first-order chi connectivity index (χ1) is 12.0. The standard InChI is InChI=1S/C18H16N2O5/c1-10-17(25-13-6-3-11(4-7-13)18(23)24-2)16(20-19-10)14-8-5-12(21)9-15(14)22/h3-9,21-22H,1-2H3,(H,19,20). The number of carbonyl (C=O) groups excluding carboxylic acids is 1. The number of phenols is 2. The van der Waals surface area contributed by atoms with E-state index in [2.05, 4.69) is 14.9 Å². The summed E-state index contributed by atoms with van der Waals surface area (Å²) in [4.78, 5) is 11.5. The summed E-state index contributed by atoms with van der Waals surface area (Å²) in [5, 5.41) is 26.5. The van der Waals surface area contributed by atoms with Gasteiger partial charge < -0.3 is 19.7 Å². The van der Waals surface area contributed by atoms with Gasteiger partial charge in [-0.05, 0) is 43.3 Å². The zero-order valence-electron chi connectivity index (χ0n) is 13.6. The van der Waals surface area contributed by atoms with Crippen LogP contribution in [0.4, 0.5) is 0 Å². The fourth-order valence-electron chi connectivity index (χ4n) is 2.34. The van der Waals surface area contributed by atoms with Gasteiger partial charge in [0.1, 0.15) is 22.9 Å². The van der Waals surface area contributed by atoms with Gasteiger partial charge in [-0.3, -0.25) is 5.10 Å². The van der Waals surface area contributed by atoms with Crippen LogP contribution in [0.25, 0.3) is 11.3 Å². The zero-order chi connectivity index (χ0) is 18.0. The van der Waals surface area contributed by atoms with Gasteiger partial charge in [0.2, 0.25) is 0 Å². The van der Waals surface area contributed by atoms with Crippen LogP contribution in [0.5, 0.6) is 23.0 Å². The maximum Gasteiger partial charge on any atom is 0.337 e. The van der Waals surface area contributed by atoms with Gasteiger partial charge in [0.25, 0.3) is 0 Å². The number of methoxy groups -OCH3 is 1. The first-order valence-corrected chi connectivity index (χ1v) is 7.43. The Labute approximate surface area is 143 Å². The molecule has 0 bridgehead atoms. The second kappa shape index (κ2) is 6.56. The fourth-order valence-corrected chi connectivity index (χ4v) is 2.34. The number of aromatic nitrogens is 2. The van der Waals surface area contributed by atoms with Gasteiger partial charge in [0.05, 0.1) is 18.4 Å². The van der Waals surface area contributed by atoms with Gasteiger partial charge in [-0.2, -0.15) is 5.10 Å². The molecule has 0 aliphatic rings. The summed E-state index contributed by atoms with van der Waals surface area (Å²) in [7, 11) is 1.32. The molecule has 0 amide bonds. The van der Waals surface area contributed by atoms with Gasteiger partial charge in [0, 0.05) is 11.6 Å². The normalized spacial score (nSPS) is 10.5. The minimum atomic E-state index is -0.430. The van der Waals surface area contributed by atoms with E-state index >= 15 is 0 Å². The number of esters is 1. The molecular formula is C18H16N2O5. The molecule has 3 rings (SSSR count). The molecule has 2 aromatic carbocycles. The van der Waals surface area contributed by atoms with Crippen molar-refractivity contribution < 1.29 is 24.5 Å². The lowest BCUT2D eigenvalue weighted by Crippen LogP contribution is -2.00. The number of nitrogens with zero attached hydrogens (tertiary/aromatic N) is 1. The van der Waals surface area contributed by atoms with Crippen LogP contribution >= 0.6 is 0 Å². The number of hydrogen-bond donors (Lipinski definition) is 3. The van der Waals surface area contributed by atoms with Crippen molar-refractivity contribution in [1.29, 1.82) is 0 Å². The number of hydrogen-bond acceptors (Lipinski definition) is 6. The summed E-state index contributed by atoms with van der Waals surface area (Å²) in [6.07, 6.45) is 0. The Hall–Kier alpha value is -3.48. The number of carbonyl (C=O) groups is 1. The highest BCUT2D eigenvalue weighted by atomic mass is 16.5. The molecule has 1 aromatic heterocycles. The van der Waals surface area contributed by atoms with Crippen molar-refractivity contribution in [3.8, 4) is 34.3 Å². The number of phenolic OH excluding ortho intramolecular Hbond substituents is 2. The summed E-state index contributed by atoms with van der Waals surface area (Å²) < 4.78 is 10.5. The Bertz CT molecular complexity index is 916. The van der Waals surface area contributed by atoms with Gasteiger partial charge in [-0.15, -0.1) is 0 Å². The van der Waals surface area contributed by atoms with Crippen LogP contribution < -0.4 is 4.74 Å². The molecule has 0 fully saturated rings. The lowest BCUT2D eigenvalue weighted by molar-refractivity contribution is 0.0600. The number of rotatable bonds is 4. The lowest BCUT2D eigenvalue weighted by Gasteiger charge is -2.09. The molecule has 0 saturated heterocycles. The number of benzene rings is 2. The van der Waals surface area contributed by atoms with Crippen LogP contribution in [-0.4, -0.2) is 33.5 Å². The molecule has 0 atom stereocenters. The van der Waals surface area contributed by atoms with E-state index in [1.807, 2.05) is 0 Å². The Balaban J connectivity index is 1.93. The van der Waals surface area contributed by atoms with Crippen LogP contribution in [0.1, 0.15) is 16.1 Å². The van der Waals surface area contributed by atoms with Crippen molar-refractivity contribution in [3.63, 3.8) is 0 Å². The third kappa shape index (κ3) is 3.25. The van der Waals surface area contributed by atoms with Crippen LogP contribution in [0.15, 0.2) is 42.5 Å². The van der Waals surface area contributed by atoms with Crippen molar-refractivity contribution in [2.75, 3.05) is 7.11 Å². The van der Waals surface area contributed by atoms with Crippen molar-refractivity contribution in [1.82, 2.24) is 10.2 Å². The van der Waals surface area contributed by atoms with Crippen LogP contribution in [0, 0.1) is 6.92 Å². The molecule has 128 valence electrons. The topological polar surface area (TPSA) is 105 Å². The Kier molecular flexibility index (Phi) is 4.30. The summed E-state index contributed by atoms with van der Waals surface area (Å²) in [5.41, 5.74) is 1.91. The minimum absolute atomic E-state index is 0.0469. The molecule has 0 radical (unpaired) electrons. The van der Waals surface area contributed by atoms with Gasteiger partial charge in [-0.25, -0.2) is 4.79 Å². The average molecular weight is 340 g/mol. The number of aromatic amines is 1. The monoisotopic (exact) mass is 340 g/mol. The smallest absolute Gasteiger partial charge is 0.337 e. The lowest BCUT2D eigenvalue weighted by atomic mass is 10.1. The Morgan fingerprint density at radius 3 is 2.48 bits per heavy atom. The highest BCUT2D eigenvalue weighted by Crippen LogP contribution is 2.39. The molecule has 0 unspecified atom stereocenters. The second-order valence-corrected chi connectivity index (χ2v) is 5.35. The molecule has 0 aliphatic heterocycles. The third-order valence-electron chi connectivity index (χ3n) is 3.62. The van der Waals surface area contributed by atoms with E-state index in [4.69, 9.17) is 4.74 Å². The van der Waals surface area contributed by atoms with Gasteiger partial charge >= 0.3 is 5.97 Å². The van der Waals surface area contributed by atoms with Crippen molar-refractivity contribution in [2.24, 2.45) is 0 Å². The molecule has 25 heavy (non-hydrogen) atoms. The molecule has 3 aromatic rings. The molecule has 7 heteroatoms. The van der Waals surface area contributed by atoms with E-state index < -0.39 is 5.97 Å². The predicted molar refractivity (Wildman–Crippen MR) is 89.9 cm³/mol. The number of H-pyrrole nitrogens is 1. The third-order valence-corrected chi connectivity index (χ3v) is 3.62. The molecule has 0 aliphatic carbocycles. The molecule has 7 nitrogen and oxygen atoms in total. The van der Waals surface area contributed by atoms with E-state index in [0.29, 0.717) is 34.0 Å². The van der Waals surface area contributed by atoms with E-state index in [0.717, 1.165) is 0 Å². The summed E-state index contributed by atoms with van der Waals surface area (Å²) in [6.45, 7) is 1.78. The fraction of sp³-hybridized carbons (Fsp3) is 0.111. The largest absolute Gasteiger partial charge is 0.508 e. The Morgan fingerprint density at radius 2 is 1.84 bits per heavy atom. The summed E-state index contributed by atoms with van der Waals surface area (Å²) in [6, 6.07) is 10.7. The van der Waals surface area contributed by atoms with Crippen molar-refractivity contribution in [2.45, 2.75) is 6.92 Å². The maximum absolute atomic E-state index is 11.5. The first kappa shape index (κ1) is 16.4. The highest BCUT2D eigenvalue weighted by Gasteiger charge is 2.18. The SMILES string of the molecule is COC(=O)c1ccc(Oc2c(-c3ccc(O)cc3O)n[nH]c2C)cc1. The van der Waals surface area contributed by atoms with E-state index in [-0.39, 0.29) is 11.5 Å². The van der Waals surface area contributed by atoms with Crippen LogP contribution in [-0.2, 0) is 4.74 Å². The van der Waals surface area contributed by atoms with E-state index in [1.165, 1.54) is 19.2 Å². The van der Waals surface area contributed by atoms with Crippen molar-refractivity contribution >= 4 is 5.97 Å². The quantitative estimate of drug-likeness (QED) is 0.629. The summed E-state index contributed by atoms with van der Waals surface area (Å²) in [5.74, 6) is 0.344. The van der Waals surface area contributed by atoms with Gasteiger partial charge in [0.15, 0.2) is 5.75 Å². The molecular weight excluding hydrogens is 324 g/mol. The second-order valence-electron chi connectivity index (χ2n) is 5.35. The molecule has 0 saturated carbocycles. The van der Waals surface area contributed by atoms with Crippen molar-refractivity contribution in [3.05, 3.63) is 53.7 Å². The predicted octanol–water partition coefficient (Wildman–Crippen LogP) is 3.38. The average Bonchev–Trinajstić information content (AvgIpc) is 2.95. The molecule has 1 heterocycles. The number of nitrogens with one attached hydrogen (secondary N) is 1. The highest BCUT2D eigenvalue weighted by molar-refractivity contribution is 5.89. The first-order valence-electron chi connectivity index (χ1n) is 7.43. The maximum atomic E-state index is 11.5. The van der Waals surface area contributed by atoms with Crippen LogP contribution in [0.3, 0.4) is 0 Å². The van der Waals surface area contributed by atoms with Gasteiger partial charge in [-0.1, -0.05) is 0 Å². The van der Waals surface area contributed by atoms with E-state index in [1.54, 1.807) is 37.3 Å². The minimum Gasteiger partial charge on any atom is -0.508 e. The number of aryl methyl sites for hydroxylation is 1. The zero-order valence-corrected chi connectivity index (χ0v) is 13.6. The number of ether oxygens (including phenoxy) is 2. The molecule has 0 spiro atoms. The Morgan fingerprint density at radius 1 is 1.12 bits per heavy atom. The van der Waals surface area contributed by atoms with Crippen LogP contribution in [0.2, 0.25) is 0 Å². The van der Waals surface area contributed by atoms with E-state index in [9.17, 15) is 15.0 Å². The number of aromatic hydroxyl groups is 2.